The molecule has 2 aliphatic rings. The fraction of sp³-hybridized carbons (Fsp3) is 0.364. The molecule has 170 valence electrons. The largest absolute Gasteiger partial charge is 0.465 e. The number of methoxy groups -OCH3 is 1. The fourth-order valence-corrected chi connectivity index (χ4v) is 7.51. The first kappa shape index (κ1) is 22.6. The zero-order valence-electron chi connectivity index (χ0n) is 17.5. The zero-order valence-corrected chi connectivity index (χ0v) is 19.2. The zero-order chi connectivity index (χ0) is 22.9. The second kappa shape index (κ2) is 9.13. The summed E-state index contributed by atoms with van der Waals surface area (Å²) in [7, 11) is -2.57. The van der Waals surface area contributed by atoms with Crippen LogP contribution in [0.5, 0.6) is 0 Å². The lowest BCUT2D eigenvalue weighted by Crippen LogP contribution is -2.34. The van der Waals surface area contributed by atoms with Crippen LogP contribution < -0.4 is 0 Å². The minimum Gasteiger partial charge on any atom is -0.465 e. The lowest BCUT2D eigenvalue weighted by Gasteiger charge is -2.26. The second-order valence-corrected chi connectivity index (χ2v) is 10.9. The van der Waals surface area contributed by atoms with Crippen molar-refractivity contribution in [3.63, 3.8) is 0 Å². The van der Waals surface area contributed by atoms with Crippen molar-refractivity contribution >= 4 is 39.3 Å². The van der Waals surface area contributed by atoms with Crippen LogP contribution in [0.3, 0.4) is 0 Å². The van der Waals surface area contributed by atoms with Gasteiger partial charge in [0.25, 0.3) is 10.0 Å². The summed E-state index contributed by atoms with van der Waals surface area (Å²) in [5.41, 5.74) is 1.44. The molecule has 2 aromatic rings. The normalized spacial score (nSPS) is 17.0. The van der Waals surface area contributed by atoms with Gasteiger partial charge in [-0.1, -0.05) is 12.1 Å². The predicted octanol–water partition coefficient (Wildman–Crippen LogP) is 3.06. The van der Waals surface area contributed by atoms with E-state index in [0.717, 1.165) is 24.2 Å². The molecule has 0 saturated carbocycles. The molecular weight excluding hydrogens is 455 g/mol. The number of benzene rings is 1. The number of nitrogens with zero attached hydrogens (tertiary/aromatic N) is 2. The summed E-state index contributed by atoms with van der Waals surface area (Å²) in [5, 5.41) is 0. The molecule has 2 aliphatic heterocycles. The number of amides is 1. The Bertz CT molecular complexity index is 1170. The van der Waals surface area contributed by atoms with Crippen LogP contribution in [0.15, 0.2) is 34.6 Å². The van der Waals surface area contributed by atoms with E-state index in [0.29, 0.717) is 42.1 Å². The Kier molecular flexibility index (Phi) is 6.45. The van der Waals surface area contributed by atoms with Crippen LogP contribution in [-0.4, -0.2) is 56.2 Å². The Hall–Kier alpha value is -2.56. The first-order chi connectivity index (χ1) is 15.3. The van der Waals surface area contributed by atoms with Crippen molar-refractivity contribution in [2.45, 2.75) is 30.0 Å². The lowest BCUT2D eigenvalue weighted by molar-refractivity contribution is -0.126. The summed E-state index contributed by atoms with van der Waals surface area (Å²) in [6.07, 6.45) is 4.97. The van der Waals surface area contributed by atoms with Crippen LogP contribution in [0.4, 0.5) is 4.39 Å². The van der Waals surface area contributed by atoms with Crippen LogP contribution in [0.25, 0.3) is 6.08 Å². The van der Waals surface area contributed by atoms with Gasteiger partial charge >= 0.3 is 5.97 Å². The number of sulfonamides is 1. The van der Waals surface area contributed by atoms with Crippen molar-refractivity contribution in [2.75, 3.05) is 26.7 Å². The van der Waals surface area contributed by atoms with Gasteiger partial charge in [-0.2, -0.15) is 4.31 Å². The van der Waals surface area contributed by atoms with Gasteiger partial charge in [0, 0.05) is 30.6 Å². The molecule has 0 bridgehead atoms. The Labute approximate surface area is 190 Å². The monoisotopic (exact) mass is 478 g/mol. The average Bonchev–Trinajstić information content (AvgIpc) is 3.46. The van der Waals surface area contributed by atoms with Crippen molar-refractivity contribution < 1.29 is 27.1 Å². The Morgan fingerprint density at radius 3 is 2.47 bits per heavy atom. The maximum atomic E-state index is 13.2. The number of hydrogen-bond donors (Lipinski definition) is 0. The quantitative estimate of drug-likeness (QED) is 0.487. The molecule has 0 N–H and O–H groups in total. The molecular formula is C22H23FN2O5S2. The molecule has 0 radical (unpaired) electrons. The van der Waals surface area contributed by atoms with Gasteiger partial charge in [-0.05, 0) is 48.6 Å². The number of esters is 1. The highest BCUT2D eigenvalue weighted by atomic mass is 32.2. The number of rotatable bonds is 5. The highest BCUT2D eigenvalue weighted by Gasteiger charge is 2.38. The van der Waals surface area contributed by atoms with E-state index in [1.807, 2.05) is 0 Å². The third-order valence-corrected chi connectivity index (χ3v) is 9.26. The number of carbonyl (C=O) groups excluding carboxylic acids is 2. The van der Waals surface area contributed by atoms with Gasteiger partial charge in [-0.3, -0.25) is 4.79 Å². The molecule has 0 unspecified atom stereocenters. The van der Waals surface area contributed by atoms with Crippen LogP contribution in [-0.2, 0) is 32.5 Å². The topological polar surface area (TPSA) is 84.0 Å². The summed E-state index contributed by atoms with van der Waals surface area (Å²) in [6, 6.07) is 5.79. The summed E-state index contributed by atoms with van der Waals surface area (Å²) < 4.78 is 45.8. The van der Waals surface area contributed by atoms with Crippen molar-refractivity contribution in [1.29, 1.82) is 0 Å². The van der Waals surface area contributed by atoms with E-state index in [-0.39, 0.29) is 28.0 Å². The Morgan fingerprint density at radius 2 is 1.81 bits per heavy atom. The number of halogens is 1. The highest BCUT2D eigenvalue weighted by molar-refractivity contribution is 7.91. The molecule has 0 aliphatic carbocycles. The van der Waals surface area contributed by atoms with Crippen molar-refractivity contribution in [2.24, 2.45) is 0 Å². The molecule has 1 aromatic heterocycles. The van der Waals surface area contributed by atoms with E-state index in [1.165, 1.54) is 29.6 Å². The van der Waals surface area contributed by atoms with Crippen LogP contribution in [0, 0.1) is 5.82 Å². The molecule has 10 heteroatoms. The minimum absolute atomic E-state index is 0.00685. The van der Waals surface area contributed by atoms with E-state index in [9.17, 15) is 22.4 Å². The highest BCUT2D eigenvalue weighted by Crippen LogP contribution is 2.38. The van der Waals surface area contributed by atoms with E-state index in [2.05, 4.69) is 0 Å². The molecule has 1 saturated heterocycles. The first-order valence-corrected chi connectivity index (χ1v) is 12.5. The number of thiophene rings is 1. The summed E-state index contributed by atoms with van der Waals surface area (Å²) in [6.45, 7) is 1.43. The number of fused-ring (bicyclic) bond motifs is 1. The van der Waals surface area contributed by atoms with Crippen LogP contribution in [0.2, 0.25) is 0 Å². The van der Waals surface area contributed by atoms with Gasteiger partial charge in [0.15, 0.2) is 0 Å². The van der Waals surface area contributed by atoms with Gasteiger partial charge in [-0.25, -0.2) is 17.6 Å². The first-order valence-electron chi connectivity index (χ1n) is 10.3. The molecule has 1 amide bonds. The summed E-state index contributed by atoms with van der Waals surface area (Å²) in [5.74, 6) is -1.26. The maximum Gasteiger partial charge on any atom is 0.340 e. The molecule has 0 atom stereocenters. The smallest absolute Gasteiger partial charge is 0.340 e. The fourth-order valence-electron chi connectivity index (χ4n) is 3.95. The summed E-state index contributed by atoms with van der Waals surface area (Å²) >= 11 is 1.05. The number of ether oxygens (including phenoxy) is 1. The van der Waals surface area contributed by atoms with E-state index in [1.54, 1.807) is 23.1 Å². The summed E-state index contributed by atoms with van der Waals surface area (Å²) in [4.78, 5) is 27.5. The predicted molar refractivity (Wildman–Crippen MR) is 118 cm³/mol. The van der Waals surface area contributed by atoms with Crippen molar-refractivity contribution in [3.8, 4) is 0 Å². The van der Waals surface area contributed by atoms with Gasteiger partial charge in [0.05, 0.1) is 19.2 Å². The van der Waals surface area contributed by atoms with Gasteiger partial charge in [-0.15, -0.1) is 11.3 Å². The molecule has 4 rings (SSSR count). The lowest BCUT2D eigenvalue weighted by atomic mass is 10.0. The third-order valence-electron chi connectivity index (χ3n) is 5.65. The van der Waals surface area contributed by atoms with E-state index < -0.39 is 16.0 Å². The van der Waals surface area contributed by atoms with E-state index in [4.69, 9.17) is 4.74 Å². The molecule has 1 fully saturated rings. The number of carbonyl (C=O) groups is 2. The molecule has 7 nitrogen and oxygen atoms in total. The molecule has 0 spiro atoms. The van der Waals surface area contributed by atoms with Gasteiger partial charge < -0.3 is 9.64 Å². The maximum absolute atomic E-state index is 13.2. The van der Waals surface area contributed by atoms with Crippen LogP contribution in [0.1, 0.15) is 39.2 Å². The van der Waals surface area contributed by atoms with Gasteiger partial charge in [0.1, 0.15) is 10.0 Å². The van der Waals surface area contributed by atoms with Gasteiger partial charge in [0.2, 0.25) is 5.91 Å². The minimum atomic E-state index is -3.80. The Balaban J connectivity index is 1.60. The third kappa shape index (κ3) is 4.35. The molecule has 1 aromatic carbocycles. The Morgan fingerprint density at radius 1 is 1.12 bits per heavy atom. The SMILES string of the molecule is COC(=O)c1c(S(=O)(=O)N2CCCC2)sc2c1CCN(C(=O)/C=C/c1ccc(F)cc1)C2. The average molecular weight is 479 g/mol. The number of hydrogen-bond acceptors (Lipinski definition) is 6. The van der Waals surface area contributed by atoms with Crippen molar-refractivity contribution in [3.05, 3.63) is 57.7 Å². The van der Waals surface area contributed by atoms with E-state index >= 15 is 0 Å². The molecule has 32 heavy (non-hydrogen) atoms. The molecule has 3 heterocycles. The van der Waals surface area contributed by atoms with Crippen LogP contribution >= 0.6 is 11.3 Å². The second-order valence-electron chi connectivity index (χ2n) is 7.66. The standard InChI is InChI=1S/C22H23FN2O5S2/c1-30-21(27)20-17-10-13-24(19(26)9-6-15-4-7-16(23)8-5-15)14-18(17)31-22(20)32(28,29)25-11-2-3-12-25/h4-9H,2-3,10-14H2,1H3/b9-6+. The van der Waals surface area contributed by atoms with Crippen molar-refractivity contribution in [1.82, 2.24) is 9.21 Å².